The number of imidazole rings is 1. The predicted molar refractivity (Wildman–Crippen MR) is 110 cm³/mol. The Morgan fingerprint density at radius 3 is 2.34 bits per heavy atom. The van der Waals surface area contributed by atoms with Crippen molar-refractivity contribution in [2.45, 2.75) is 32.8 Å². The van der Waals surface area contributed by atoms with E-state index in [4.69, 9.17) is 4.74 Å². The van der Waals surface area contributed by atoms with Crippen LogP contribution in [0, 0.1) is 0 Å². The minimum Gasteiger partial charge on any atom is -0.496 e. The van der Waals surface area contributed by atoms with Crippen molar-refractivity contribution in [1.82, 2.24) is 19.9 Å². The molecule has 0 aliphatic rings. The Kier molecular flexibility index (Phi) is 5.56. The molecule has 4 N–H and O–H groups in total. The molecule has 29 heavy (non-hydrogen) atoms. The monoisotopic (exact) mass is 396 g/mol. The number of ether oxygens (including phenoxy) is 1. The fourth-order valence-electron chi connectivity index (χ4n) is 3.03. The zero-order valence-corrected chi connectivity index (χ0v) is 16.8. The van der Waals surface area contributed by atoms with Crippen LogP contribution in [-0.2, 0) is 12.0 Å². The van der Waals surface area contributed by atoms with Gasteiger partial charge in [-0.1, -0.05) is 26.8 Å². The standard InChI is InChI=1S/C21H24N4O4/c1-21(2,3)18-14(22-11-23-18)9-16-20(28)24-15(19(27)25-16)8-12-5-6-17(29-4)13(7-12)10-26/h5-9,11,26H,10H2,1-4H3,(H,22,23)(H,24,28)(H,25,27)/b15-8-,16-9-. The summed E-state index contributed by atoms with van der Waals surface area (Å²) in [5.74, 6) is 0.547. The van der Waals surface area contributed by atoms with Crippen LogP contribution in [-0.4, -0.2) is 32.2 Å². The van der Waals surface area contributed by atoms with E-state index in [1.807, 2.05) is 20.8 Å². The van der Waals surface area contributed by atoms with Gasteiger partial charge in [-0.25, -0.2) is 4.98 Å². The number of benzene rings is 1. The smallest absolute Gasteiger partial charge is 0.272 e. The summed E-state index contributed by atoms with van der Waals surface area (Å²) in [6, 6.07) is 5.11. The number of aromatic amines is 3. The molecule has 8 nitrogen and oxygen atoms in total. The zero-order valence-electron chi connectivity index (χ0n) is 16.8. The van der Waals surface area contributed by atoms with Crippen molar-refractivity contribution in [1.29, 1.82) is 0 Å². The Bertz CT molecular complexity index is 1260. The van der Waals surface area contributed by atoms with E-state index >= 15 is 0 Å². The van der Waals surface area contributed by atoms with Gasteiger partial charge in [-0.15, -0.1) is 0 Å². The van der Waals surface area contributed by atoms with Crippen molar-refractivity contribution in [3.63, 3.8) is 0 Å². The largest absolute Gasteiger partial charge is 0.496 e. The van der Waals surface area contributed by atoms with Crippen molar-refractivity contribution in [3.8, 4) is 5.75 Å². The minimum atomic E-state index is -0.440. The summed E-state index contributed by atoms with van der Waals surface area (Å²) in [6.45, 7) is 5.88. The van der Waals surface area contributed by atoms with Gasteiger partial charge in [0, 0.05) is 16.7 Å². The van der Waals surface area contributed by atoms with E-state index in [2.05, 4.69) is 19.9 Å². The molecule has 2 heterocycles. The molecule has 3 rings (SSSR count). The van der Waals surface area contributed by atoms with E-state index in [0.717, 1.165) is 5.69 Å². The van der Waals surface area contributed by atoms with Crippen LogP contribution in [0.25, 0.3) is 12.2 Å². The van der Waals surface area contributed by atoms with Crippen LogP contribution >= 0.6 is 0 Å². The number of nitrogens with zero attached hydrogens (tertiary/aromatic N) is 1. The molecule has 0 spiro atoms. The lowest BCUT2D eigenvalue weighted by molar-refractivity contribution is 0.274. The van der Waals surface area contributed by atoms with Gasteiger partial charge in [0.15, 0.2) is 0 Å². The third-order valence-corrected chi connectivity index (χ3v) is 4.47. The van der Waals surface area contributed by atoms with Gasteiger partial charge < -0.3 is 24.8 Å². The average molecular weight is 396 g/mol. The van der Waals surface area contributed by atoms with Crippen molar-refractivity contribution in [2.24, 2.45) is 0 Å². The van der Waals surface area contributed by atoms with Crippen molar-refractivity contribution in [2.75, 3.05) is 7.11 Å². The van der Waals surface area contributed by atoms with Crippen molar-refractivity contribution < 1.29 is 9.84 Å². The van der Waals surface area contributed by atoms with E-state index in [9.17, 15) is 14.7 Å². The Balaban J connectivity index is 2.10. The summed E-state index contributed by atoms with van der Waals surface area (Å²) in [6.07, 6.45) is 4.65. The average Bonchev–Trinajstić information content (AvgIpc) is 3.14. The molecule has 0 saturated heterocycles. The normalized spacial score (nSPS) is 13.1. The Morgan fingerprint density at radius 2 is 1.76 bits per heavy atom. The number of H-pyrrole nitrogens is 3. The molecule has 3 aromatic rings. The van der Waals surface area contributed by atoms with Crippen LogP contribution < -0.4 is 26.6 Å². The van der Waals surface area contributed by atoms with Crippen molar-refractivity contribution >= 4 is 12.2 Å². The van der Waals surface area contributed by atoms with Gasteiger partial charge in [0.2, 0.25) is 0 Å². The highest BCUT2D eigenvalue weighted by Crippen LogP contribution is 2.23. The van der Waals surface area contributed by atoms with Crippen LogP contribution in [0.3, 0.4) is 0 Å². The summed E-state index contributed by atoms with van der Waals surface area (Å²) >= 11 is 0. The van der Waals surface area contributed by atoms with Crippen molar-refractivity contribution in [3.05, 3.63) is 78.4 Å². The van der Waals surface area contributed by atoms with Gasteiger partial charge in [0.25, 0.3) is 11.1 Å². The first kappa shape index (κ1) is 20.3. The third-order valence-electron chi connectivity index (χ3n) is 4.47. The zero-order chi connectivity index (χ0) is 21.2. The van der Waals surface area contributed by atoms with Gasteiger partial charge in [0.1, 0.15) is 16.4 Å². The van der Waals surface area contributed by atoms with Gasteiger partial charge >= 0.3 is 0 Å². The number of rotatable bonds is 4. The molecule has 0 bridgehead atoms. The lowest BCUT2D eigenvalue weighted by Crippen LogP contribution is -2.46. The van der Waals surface area contributed by atoms with E-state index in [1.165, 1.54) is 13.2 Å². The summed E-state index contributed by atoms with van der Waals surface area (Å²) in [5.41, 5.74) is 1.62. The molecule has 2 aromatic heterocycles. The topological polar surface area (TPSA) is 124 Å². The number of hydrogen-bond acceptors (Lipinski definition) is 5. The van der Waals surface area contributed by atoms with Crippen LogP contribution in [0.2, 0.25) is 0 Å². The molecule has 1 aromatic carbocycles. The van der Waals surface area contributed by atoms with Crippen LogP contribution in [0.1, 0.15) is 43.3 Å². The maximum absolute atomic E-state index is 12.5. The Hall–Kier alpha value is -3.39. The van der Waals surface area contributed by atoms with Gasteiger partial charge in [-0.05, 0) is 29.8 Å². The molecule has 0 fully saturated rings. The molecule has 0 radical (unpaired) electrons. The molecule has 0 atom stereocenters. The first-order valence-electron chi connectivity index (χ1n) is 9.10. The van der Waals surface area contributed by atoms with E-state index in [1.54, 1.807) is 30.6 Å². The lowest BCUT2D eigenvalue weighted by atomic mass is 9.90. The maximum Gasteiger partial charge on any atom is 0.272 e. The molecule has 0 amide bonds. The maximum atomic E-state index is 12.5. The number of methoxy groups -OCH3 is 1. The fourth-order valence-corrected chi connectivity index (χ4v) is 3.03. The molecule has 0 aliphatic carbocycles. The number of aromatic nitrogens is 4. The quantitative estimate of drug-likeness (QED) is 0.503. The molecule has 8 heteroatoms. The lowest BCUT2D eigenvalue weighted by Gasteiger charge is -2.16. The SMILES string of the molecule is COc1ccc(/C=c2\[nH]c(=O)/c(=C/c3nc[nH]c3C(C)(C)C)[nH]c2=O)cc1CO. The number of nitrogens with one attached hydrogen (secondary N) is 3. The number of hydrogen-bond donors (Lipinski definition) is 4. The van der Waals surface area contributed by atoms with Gasteiger partial charge in [-0.2, -0.15) is 0 Å². The molecule has 0 unspecified atom stereocenters. The summed E-state index contributed by atoms with van der Waals surface area (Å²) in [4.78, 5) is 37.6. The van der Waals surface area contributed by atoms with E-state index in [0.29, 0.717) is 22.6 Å². The van der Waals surface area contributed by atoms with Crippen LogP contribution in [0.5, 0.6) is 5.75 Å². The van der Waals surface area contributed by atoms with Gasteiger partial charge in [-0.3, -0.25) is 9.59 Å². The number of aliphatic hydroxyl groups excluding tert-OH is 1. The van der Waals surface area contributed by atoms with E-state index < -0.39 is 11.1 Å². The predicted octanol–water partition coefficient (Wildman–Crippen LogP) is 0.242. The summed E-state index contributed by atoms with van der Waals surface area (Å²) < 4.78 is 5.17. The highest BCUT2D eigenvalue weighted by molar-refractivity contribution is 5.53. The first-order chi connectivity index (χ1) is 13.7. The first-order valence-corrected chi connectivity index (χ1v) is 9.10. The molecule has 0 saturated carbocycles. The minimum absolute atomic E-state index is 0.110. The molecular weight excluding hydrogens is 372 g/mol. The molecular formula is C21H24N4O4. The number of aliphatic hydroxyl groups is 1. The summed E-state index contributed by atoms with van der Waals surface area (Å²) in [7, 11) is 1.51. The highest BCUT2D eigenvalue weighted by Gasteiger charge is 2.19. The highest BCUT2D eigenvalue weighted by atomic mass is 16.5. The summed E-state index contributed by atoms with van der Waals surface area (Å²) in [5, 5.41) is 9.68. The van der Waals surface area contributed by atoms with Gasteiger partial charge in [0.05, 0.1) is 25.7 Å². The van der Waals surface area contributed by atoms with E-state index in [-0.39, 0.29) is 22.7 Å². The second kappa shape index (κ2) is 7.92. The second-order valence-electron chi connectivity index (χ2n) is 7.67. The second-order valence-corrected chi connectivity index (χ2v) is 7.67. The fraction of sp³-hybridized carbons (Fsp3) is 0.286. The third kappa shape index (κ3) is 4.38. The Labute approximate surface area is 166 Å². The molecule has 0 aliphatic heterocycles. The molecule has 152 valence electrons. The Morgan fingerprint density at radius 1 is 1.10 bits per heavy atom. The van der Waals surface area contributed by atoms with Crippen LogP contribution in [0.15, 0.2) is 34.1 Å². The van der Waals surface area contributed by atoms with Crippen LogP contribution in [0.4, 0.5) is 0 Å².